The van der Waals surface area contributed by atoms with Gasteiger partial charge < -0.3 is 15.6 Å². The van der Waals surface area contributed by atoms with Gasteiger partial charge in [0.25, 0.3) is 0 Å². The van der Waals surface area contributed by atoms with Crippen molar-refractivity contribution in [2.75, 3.05) is 20.3 Å². The zero-order valence-electron chi connectivity index (χ0n) is 10.7. The number of rotatable bonds is 8. The third kappa shape index (κ3) is 4.76. The van der Waals surface area contributed by atoms with Gasteiger partial charge in [-0.3, -0.25) is 0 Å². The predicted molar refractivity (Wildman–Crippen MR) is 72.5 cm³/mol. The van der Waals surface area contributed by atoms with Crippen LogP contribution in [0.1, 0.15) is 29.5 Å². The fraction of sp³-hybridized carbons (Fsp3) is 0.692. The highest BCUT2D eigenvalue weighted by Gasteiger charge is 2.27. The molecule has 1 rings (SSSR count). The second-order valence-corrected chi connectivity index (χ2v) is 5.70. The normalized spacial score (nSPS) is 14.8. The van der Waals surface area contributed by atoms with Crippen molar-refractivity contribution in [3.8, 4) is 0 Å². The topological polar surface area (TPSA) is 55.5 Å². The molecule has 3 nitrogen and oxygen atoms in total. The first-order chi connectivity index (χ1) is 8.13. The van der Waals surface area contributed by atoms with Crippen LogP contribution in [0.5, 0.6) is 0 Å². The molecule has 0 aliphatic rings. The van der Waals surface area contributed by atoms with Crippen LogP contribution in [0.2, 0.25) is 0 Å². The SMILES string of the molecule is CCc1ccc(CC(O)(CCCN)COC)s1. The van der Waals surface area contributed by atoms with Gasteiger partial charge in [-0.05, 0) is 37.9 Å². The van der Waals surface area contributed by atoms with Crippen LogP contribution in [0, 0.1) is 0 Å². The third-order valence-corrected chi connectivity index (χ3v) is 4.06. The van der Waals surface area contributed by atoms with E-state index in [9.17, 15) is 5.11 Å². The van der Waals surface area contributed by atoms with Crippen LogP contribution in [-0.4, -0.2) is 31.0 Å². The quantitative estimate of drug-likeness (QED) is 0.748. The fourth-order valence-corrected chi connectivity index (χ4v) is 3.04. The van der Waals surface area contributed by atoms with Crippen molar-refractivity contribution in [1.82, 2.24) is 0 Å². The van der Waals surface area contributed by atoms with E-state index in [1.54, 1.807) is 18.4 Å². The number of methoxy groups -OCH3 is 1. The van der Waals surface area contributed by atoms with E-state index >= 15 is 0 Å². The monoisotopic (exact) mass is 257 g/mol. The average molecular weight is 257 g/mol. The van der Waals surface area contributed by atoms with E-state index in [-0.39, 0.29) is 0 Å². The first-order valence-corrected chi connectivity index (χ1v) is 6.94. The van der Waals surface area contributed by atoms with E-state index in [0.29, 0.717) is 26.0 Å². The van der Waals surface area contributed by atoms with Gasteiger partial charge in [0.15, 0.2) is 0 Å². The first-order valence-electron chi connectivity index (χ1n) is 6.12. The Hall–Kier alpha value is -0.420. The van der Waals surface area contributed by atoms with Crippen LogP contribution in [0.15, 0.2) is 12.1 Å². The molecular weight excluding hydrogens is 234 g/mol. The van der Waals surface area contributed by atoms with Crippen molar-refractivity contribution in [3.63, 3.8) is 0 Å². The molecule has 0 aliphatic carbocycles. The molecule has 1 unspecified atom stereocenters. The summed E-state index contributed by atoms with van der Waals surface area (Å²) in [5.74, 6) is 0. The van der Waals surface area contributed by atoms with Crippen molar-refractivity contribution in [2.45, 2.75) is 38.2 Å². The van der Waals surface area contributed by atoms with Gasteiger partial charge in [0.1, 0.15) is 0 Å². The zero-order valence-corrected chi connectivity index (χ0v) is 11.6. The van der Waals surface area contributed by atoms with Crippen molar-refractivity contribution in [3.05, 3.63) is 21.9 Å². The molecule has 0 aromatic carbocycles. The Kier molecular flexibility index (Phi) is 6.12. The van der Waals surface area contributed by atoms with Crippen LogP contribution in [0.25, 0.3) is 0 Å². The molecule has 0 spiro atoms. The average Bonchev–Trinajstić information content (AvgIpc) is 2.74. The predicted octanol–water partition coefficient (Wildman–Crippen LogP) is 1.97. The van der Waals surface area contributed by atoms with E-state index in [1.165, 1.54) is 9.75 Å². The number of thiophene rings is 1. The molecule has 0 saturated carbocycles. The molecule has 4 heteroatoms. The molecule has 0 aliphatic heterocycles. The summed E-state index contributed by atoms with van der Waals surface area (Å²) in [5, 5.41) is 10.5. The molecule has 3 N–H and O–H groups in total. The van der Waals surface area contributed by atoms with Crippen LogP contribution in [0.4, 0.5) is 0 Å². The van der Waals surface area contributed by atoms with E-state index in [0.717, 1.165) is 12.8 Å². The Morgan fingerprint density at radius 3 is 2.65 bits per heavy atom. The maximum Gasteiger partial charge on any atom is 0.0928 e. The van der Waals surface area contributed by atoms with Crippen molar-refractivity contribution < 1.29 is 9.84 Å². The highest BCUT2D eigenvalue weighted by Crippen LogP contribution is 2.25. The van der Waals surface area contributed by atoms with Gasteiger partial charge in [-0.1, -0.05) is 6.92 Å². The minimum atomic E-state index is -0.774. The van der Waals surface area contributed by atoms with Gasteiger partial charge in [0, 0.05) is 23.3 Å². The number of hydrogen-bond donors (Lipinski definition) is 2. The smallest absolute Gasteiger partial charge is 0.0928 e. The van der Waals surface area contributed by atoms with E-state index in [2.05, 4.69) is 19.1 Å². The van der Waals surface area contributed by atoms with Gasteiger partial charge >= 0.3 is 0 Å². The highest BCUT2D eigenvalue weighted by atomic mass is 32.1. The third-order valence-electron chi connectivity index (χ3n) is 2.83. The summed E-state index contributed by atoms with van der Waals surface area (Å²) in [6, 6.07) is 4.24. The van der Waals surface area contributed by atoms with Gasteiger partial charge in [0.2, 0.25) is 0 Å². The lowest BCUT2D eigenvalue weighted by Crippen LogP contribution is -2.37. The van der Waals surface area contributed by atoms with Gasteiger partial charge in [-0.15, -0.1) is 11.3 Å². The van der Waals surface area contributed by atoms with E-state index < -0.39 is 5.60 Å². The van der Waals surface area contributed by atoms with Gasteiger partial charge in [-0.2, -0.15) is 0 Å². The van der Waals surface area contributed by atoms with Crippen molar-refractivity contribution in [2.24, 2.45) is 5.73 Å². The maximum atomic E-state index is 10.5. The molecule has 0 saturated heterocycles. The molecule has 0 amide bonds. The summed E-state index contributed by atoms with van der Waals surface area (Å²) < 4.78 is 5.12. The summed E-state index contributed by atoms with van der Waals surface area (Å²) in [4.78, 5) is 2.58. The lowest BCUT2D eigenvalue weighted by Gasteiger charge is -2.26. The van der Waals surface area contributed by atoms with Crippen LogP contribution in [0.3, 0.4) is 0 Å². The molecule has 17 heavy (non-hydrogen) atoms. The lowest BCUT2D eigenvalue weighted by atomic mass is 9.94. The Balaban J connectivity index is 2.64. The Morgan fingerprint density at radius 2 is 2.12 bits per heavy atom. The number of ether oxygens (including phenoxy) is 1. The molecule has 1 heterocycles. The lowest BCUT2D eigenvalue weighted by molar-refractivity contribution is -0.0370. The van der Waals surface area contributed by atoms with E-state index in [1.807, 2.05) is 0 Å². The molecule has 0 fully saturated rings. The van der Waals surface area contributed by atoms with Gasteiger partial charge in [0.05, 0.1) is 12.2 Å². The van der Waals surface area contributed by atoms with Gasteiger partial charge in [-0.25, -0.2) is 0 Å². The Morgan fingerprint density at radius 1 is 1.41 bits per heavy atom. The fourth-order valence-electron chi connectivity index (χ4n) is 1.94. The maximum absolute atomic E-state index is 10.5. The second kappa shape index (κ2) is 7.11. The summed E-state index contributed by atoms with van der Waals surface area (Å²) in [7, 11) is 1.62. The van der Waals surface area contributed by atoms with E-state index in [4.69, 9.17) is 10.5 Å². The molecule has 1 atom stereocenters. The molecular formula is C13H23NO2S. The zero-order chi connectivity index (χ0) is 12.7. The van der Waals surface area contributed by atoms with Crippen LogP contribution in [-0.2, 0) is 17.6 Å². The minimum Gasteiger partial charge on any atom is -0.387 e. The Bertz CT molecular complexity index is 327. The summed E-state index contributed by atoms with van der Waals surface area (Å²) in [5.41, 5.74) is 4.73. The minimum absolute atomic E-state index is 0.367. The van der Waals surface area contributed by atoms with Crippen LogP contribution >= 0.6 is 11.3 Å². The molecule has 0 radical (unpaired) electrons. The summed E-state index contributed by atoms with van der Waals surface area (Å²) in [6.07, 6.45) is 3.23. The van der Waals surface area contributed by atoms with Crippen molar-refractivity contribution in [1.29, 1.82) is 0 Å². The summed E-state index contributed by atoms with van der Waals surface area (Å²) >= 11 is 1.77. The Labute approximate surface area is 108 Å². The summed E-state index contributed by atoms with van der Waals surface area (Å²) in [6.45, 7) is 3.12. The highest BCUT2D eigenvalue weighted by molar-refractivity contribution is 7.12. The second-order valence-electron chi connectivity index (χ2n) is 4.45. The van der Waals surface area contributed by atoms with Crippen LogP contribution < -0.4 is 5.73 Å². The first kappa shape index (κ1) is 14.6. The number of nitrogens with two attached hydrogens (primary N) is 1. The largest absolute Gasteiger partial charge is 0.387 e. The number of aryl methyl sites for hydroxylation is 1. The van der Waals surface area contributed by atoms with Crippen molar-refractivity contribution >= 4 is 11.3 Å². The molecule has 98 valence electrons. The molecule has 1 aromatic heterocycles. The standard InChI is InChI=1S/C13H23NO2S/c1-3-11-5-6-12(17-11)9-13(15,10-16-2)7-4-8-14/h5-6,15H,3-4,7-10,14H2,1-2H3. The number of aliphatic hydroxyl groups is 1. The molecule has 0 bridgehead atoms. The number of hydrogen-bond acceptors (Lipinski definition) is 4. The molecule has 1 aromatic rings.